The van der Waals surface area contributed by atoms with E-state index in [1.54, 1.807) is 31.3 Å². The Morgan fingerprint density at radius 2 is 2.00 bits per heavy atom. The highest BCUT2D eigenvalue weighted by Gasteiger charge is 2.20. The lowest BCUT2D eigenvalue weighted by Gasteiger charge is -2.18. The summed E-state index contributed by atoms with van der Waals surface area (Å²) in [6.45, 7) is 1.80. The minimum Gasteiger partial charge on any atom is -0.352 e. The van der Waals surface area contributed by atoms with E-state index in [0.717, 1.165) is 5.56 Å². The molecule has 0 radical (unpaired) electrons. The Kier molecular flexibility index (Phi) is 5.24. The Labute approximate surface area is 132 Å². The first kappa shape index (κ1) is 16.4. The molecule has 0 aliphatic heterocycles. The molecule has 2 aromatic rings. The average Bonchev–Trinajstić information content (AvgIpc) is 2.49. The smallest absolute Gasteiger partial charge is 0.312 e. The van der Waals surface area contributed by atoms with E-state index in [1.165, 1.54) is 18.2 Å². The van der Waals surface area contributed by atoms with Crippen LogP contribution < -0.4 is 16.4 Å². The van der Waals surface area contributed by atoms with Gasteiger partial charge in [0.2, 0.25) is 5.91 Å². The van der Waals surface area contributed by atoms with Crippen LogP contribution >= 0.6 is 0 Å². The second-order valence-electron chi connectivity index (χ2n) is 5.00. The molecule has 1 atom stereocenters. The summed E-state index contributed by atoms with van der Waals surface area (Å²) in [5.74, 6) is -0.509. The van der Waals surface area contributed by atoms with Crippen molar-refractivity contribution in [2.75, 3.05) is 5.32 Å². The Balaban J connectivity index is 2.15. The topological polar surface area (TPSA) is 97.1 Å². The molecule has 7 heteroatoms. The fourth-order valence-electron chi connectivity index (χ4n) is 2.15. The normalized spacial score (nSPS) is 11.6. The number of benzene rings is 1. The zero-order chi connectivity index (χ0) is 16.8. The van der Waals surface area contributed by atoms with Gasteiger partial charge in [0, 0.05) is 11.8 Å². The third kappa shape index (κ3) is 4.50. The van der Waals surface area contributed by atoms with E-state index in [1.807, 2.05) is 0 Å². The van der Waals surface area contributed by atoms with E-state index >= 15 is 0 Å². The van der Waals surface area contributed by atoms with E-state index in [4.69, 9.17) is 5.73 Å². The fourth-order valence-corrected chi connectivity index (χ4v) is 2.15. The van der Waals surface area contributed by atoms with Crippen LogP contribution in [0, 0.1) is 12.7 Å². The van der Waals surface area contributed by atoms with Gasteiger partial charge < -0.3 is 16.4 Å². The number of carbonyl (C=O) groups excluding carboxylic acids is 2. The van der Waals surface area contributed by atoms with Crippen LogP contribution in [0.15, 0.2) is 42.6 Å². The summed E-state index contributed by atoms with van der Waals surface area (Å²) in [6, 6.07) is 7.76. The highest BCUT2D eigenvalue weighted by Crippen LogP contribution is 2.21. The van der Waals surface area contributed by atoms with Crippen molar-refractivity contribution in [1.29, 1.82) is 0 Å². The summed E-state index contributed by atoms with van der Waals surface area (Å²) in [6.07, 6.45) is 1.39. The maximum atomic E-state index is 13.9. The number of aryl methyl sites for hydroxylation is 1. The predicted molar refractivity (Wildman–Crippen MR) is 84.1 cm³/mol. The van der Waals surface area contributed by atoms with Crippen molar-refractivity contribution in [3.63, 3.8) is 0 Å². The molecule has 0 saturated carbocycles. The van der Waals surface area contributed by atoms with Crippen LogP contribution in [0.1, 0.15) is 23.6 Å². The first-order valence-corrected chi connectivity index (χ1v) is 6.99. The Bertz CT molecular complexity index is 721. The SMILES string of the molecule is Cc1cccnc1NC(=O)C[C@H](NC(N)=O)c1ccccc1F. The van der Waals surface area contributed by atoms with Crippen LogP contribution in [0.25, 0.3) is 0 Å². The largest absolute Gasteiger partial charge is 0.352 e. The molecule has 1 heterocycles. The number of hydrogen-bond acceptors (Lipinski definition) is 3. The zero-order valence-electron chi connectivity index (χ0n) is 12.5. The van der Waals surface area contributed by atoms with Gasteiger partial charge in [0.1, 0.15) is 11.6 Å². The maximum absolute atomic E-state index is 13.9. The van der Waals surface area contributed by atoms with Crippen LogP contribution in [-0.2, 0) is 4.79 Å². The molecule has 2 rings (SSSR count). The lowest BCUT2D eigenvalue weighted by Crippen LogP contribution is -2.35. The number of pyridine rings is 1. The van der Waals surface area contributed by atoms with Crippen molar-refractivity contribution in [1.82, 2.24) is 10.3 Å². The summed E-state index contributed by atoms with van der Waals surface area (Å²) in [7, 11) is 0. The molecular formula is C16H17FN4O2. The Morgan fingerprint density at radius 3 is 2.65 bits per heavy atom. The van der Waals surface area contributed by atoms with Crippen molar-refractivity contribution >= 4 is 17.8 Å². The first-order chi connectivity index (χ1) is 11.0. The van der Waals surface area contributed by atoms with Crippen molar-refractivity contribution in [2.24, 2.45) is 5.73 Å². The molecule has 0 unspecified atom stereocenters. The number of rotatable bonds is 5. The number of nitrogens with two attached hydrogens (primary N) is 1. The predicted octanol–water partition coefficient (Wildman–Crippen LogP) is 2.27. The molecule has 6 nitrogen and oxygen atoms in total. The summed E-state index contributed by atoms with van der Waals surface area (Å²) in [5.41, 5.74) is 6.11. The van der Waals surface area contributed by atoms with Gasteiger partial charge in [-0.2, -0.15) is 0 Å². The highest BCUT2D eigenvalue weighted by molar-refractivity contribution is 5.91. The molecule has 120 valence electrons. The quantitative estimate of drug-likeness (QED) is 0.789. The Hall–Kier alpha value is -2.96. The van der Waals surface area contributed by atoms with Crippen molar-refractivity contribution < 1.29 is 14.0 Å². The molecule has 1 aromatic heterocycles. The number of primary amides is 1. The fraction of sp³-hybridized carbons (Fsp3) is 0.188. The molecule has 0 spiro atoms. The number of aromatic nitrogens is 1. The van der Waals surface area contributed by atoms with E-state index < -0.39 is 23.8 Å². The van der Waals surface area contributed by atoms with Crippen LogP contribution in [0.5, 0.6) is 0 Å². The highest BCUT2D eigenvalue weighted by atomic mass is 19.1. The summed E-state index contributed by atoms with van der Waals surface area (Å²) >= 11 is 0. The monoisotopic (exact) mass is 316 g/mol. The summed E-state index contributed by atoms with van der Waals surface area (Å²) in [5, 5.41) is 5.02. The van der Waals surface area contributed by atoms with Gasteiger partial charge in [-0.1, -0.05) is 24.3 Å². The lowest BCUT2D eigenvalue weighted by molar-refractivity contribution is -0.116. The number of nitrogens with one attached hydrogen (secondary N) is 2. The van der Waals surface area contributed by atoms with E-state index in [2.05, 4.69) is 15.6 Å². The number of amides is 3. The van der Waals surface area contributed by atoms with Crippen molar-refractivity contribution in [2.45, 2.75) is 19.4 Å². The maximum Gasteiger partial charge on any atom is 0.312 e. The second-order valence-corrected chi connectivity index (χ2v) is 5.00. The number of hydrogen-bond donors (Lipinski definition) is 3. The number of nitrogens with zero attached hydrogens (tertiary/aromatic N) is 1. The van der Waals surface area contributed by atoms with Gasteiger partial charge in [-0.15, -0.1) is 0 Å². The standard InChI is InChI=1S/C16H17FN4O2/c1-10-5-4-8-19-15(10)21-14(22)9-13(20-16(18)23)11-6-2-3-7-12(11)17/h2-8,13H,9H2,1H3,(H3,18,20,23)(H,19,21,22)/t13-/m0/s1. The van der Waals surface area contributed by atoms with Gasteiger partial charge >= 0.3 is 6.03 Å². The molecule has 0 aliphatic rings. The number of anilines is 1. The molecule has 3 amide bonds. The zero-order valence-corrected chi connectivity index (χ0v) is 12.5. The average molecular weight is 316 g/mol. The van der Waals surface area contributed by atoms with Gasteiger partial charge in [-0.25, -0.2) is 14.2 Å². The molecule has 0 bridgehead atoms. The van der Waals surface area contributed by atoms with Gasteiger partial charge in [0.25, 0.3) is 0 Å². The van der Waals surface area contributed by atoms with Gasteiger partial charge in [-0.05, 0) is 24.6 Å². The van der Waals surface area contributed by atoms with Crippen molar-refractivity contribution in [3.8, 4) is 0 Å². The number of halogens is 1. The number of urea groups is 1. The van der Waals surface area contributed by atoms with Crippen molar-refractivity contribution in [3.05, 3.63) is 59.5 Å². The third-order valence-corrected chi connectivity index (χ3v) is 3.25. The molecular weight excluding hydrogens is 299 g/mol. The lowest BCUT2D eigenvalue weighted by atomic mass is 10.0. The number of carbonyl (C=O) groups is 2. The molecule has 1 aromatic carbocycles. The van der Waals surface area contributed by atoms with Gasteiger partial charge in [-0.3, -0.25) is 4.79 Å². The van der Waals surface area contributed by atoms with Gasteiger partial charge in [0.05, 0.1) is 12.5 Å². The first-order valence-electron chi connectivity index (χ1n) is 6.99. The van der Waals surface area contributed by atoms with E-state index in [9.17, 15) is 14.0 Å². The Morgan fingerprint density at radius 1 is 1.26 bits per heavy atom. The van der Waals surface area contributed by atoms with E-state index in [0.29, 0.717) is 5.82 Å². The summed E-state index contributed by atoms with van der Waals surface area (Å²) < 4.78 is 13.9. The minimum atomic E-state index is -0.863. The van der Waals surface area contributed by atoms with Crippen LogP contribution in [0.2, 0.25) is 0 Å². The van der Waals surface area contributed by atoms with Crippen LogP contribution in [-0.4, -0.2) is 16.9 Å². The van der Waals surface area contributed by atoms with Crippen LogP contribution in [0.4, 0.5) is 15.0 Å². The second kappa shape index (κ2) is 7.35. The molecule has 0 fully saturated rings. The summed E-state index contributed by atoms with van der Waals surface area (Å²) in [4.78, 5) is 27.4. The molecule has 0 aliphatic carbocycles. The molecule has 0 saturated heterocycles. The van der Waals surface area contributed by atoms with E-state index in [-0.39, 0.29) is 12.0 Å². The molecule has 4 N–H and O–H groups in total. The minimum absolute atomic E-state index is 0.167. The molecule has 23 heavy (non-hydrogen) atoms. The van der Waals surface area contributed by atoms with Crippen LogP contribution in [0.3, 0.4) is 0 Å². The van der Waals surface area contributed by atoms with Gasteiger partial charge in [0.15, 0.2) is 0 Å². The third-order valence-electron chi connectivity index (χ3n) is 3.25.